The van der Waals surface area contributed by atoms with Gasteiger partial charge in [0.2, 0.25) is 0 Å². The molecule has 1 aliphatic rings. The van der Waals surface area contributed by atoms with Gasteiger partial charge in [-0.05, 0) is 27.4 Å². The van der Waals surface area contributed by atoms with Gasteiger partial charge in [-0.2, -0.15) is 0 Å². The summed E-state index contributed by atoms with van der Waals surface area (Å²) in [4.78, 5) is 4.91. The van der Waals surface area contributed by atoms with Crippen molar-refractivity contribution >= 4 is 0 Å². The first-order chi connectivity index (χ1) is 4.66. The van der Waals surface area contributed by atoms with Crippen LogP contribution < -0.4 is 0 Å². The quantitative estimate of drug-likeness (QED) is 0.538. The molecule has 0 bridgehead atoms. The van der Waals surface area contributed by atoms with Gasteiger partial charge >= 0.3 is 0 Å². The van der Waals surface area contributed by atoms with Crippen molar-refractivity contribution in [3.8, 4) is 0 Å². The molecule has 0 saturated carbocycles. The average molecular weight is 142 g/mol. The van der Waals surface area contributed by atoms with E-state index in [9.17, 15) is 0 Å². The van der Waals surface area contributed by atoms with Crippen molar-refractivity contribution in [1.29, 1.82) is 0 Å². The van der Waals surface area contributed by atoms with Gasteiger partial charge in [0.15, 0.2) is 0 Å². The van der Waals surface area contributed by atoms with Crippen LogP contribution in [0, 0.1) is 0 Å². The zero-order valence-corrected chi connectivity index (χ0v) is 7.46. The monoisotopic (exact) mass is 142 g/mol. The highest BCUT2D eigenvalue weighted by molar-refractivity contribution is 4.81. The minimum absolute atomic E-state index is 0.639. The minimum atomic E-state index is 0.639. The molecule has 0 amide bonds. The normalized spacial score (nSPS) is 37.2. The molecular weight excluding hydrogens is 124 g/mol. The van der Waals surface area contributed by atoms with Crippen LogP contribution in [0.5, 0.6) is 0 Å². The van der Waals surface area contributed by atoms with E-state index in [1.807, 2.05) is 0 Å². The first kappa shape index (κ1) is 8.02. The van der Waals surface area contributed by atoms with Crippen molar-refractivity contribution in [1.82, 2.24) is 9.80 Å². The number of hydrogen-bond acceptors (Lipinski definition) is 2. The summed E-state index contributed by atoms with van der Waals surface area (Å²) in [6.45, 7) is 9.19. The average Bonchev–Trinajstić information content (AvgIpc) is 2.17. The molecule has 60 valence electrons. The molecule has 0 radical (unpaired) electrons. The van der Waals surface area contributed by atoms with E-state index in [1.54, 1.807) is 0 Å². The van der Waals surface area contributed by atoms with E-state index < -0.39 is 0 Å². The fourth-order valence-electron chi connectivity index (χ4n) is 1.64. The summed E-state index contributed by atoms with van der Waals surface area (Å²) in [5.41, 5.74) is 0. The topological polar surface area (TPSA) is 6.48 Å². The first-order valence-corrected chi connectivity index (χ1v) is 4.12. The highest BCUT2D eigenvalue weighted by atomic mass is 15.4. The summed E-state index contributed by atoms with van der Waals surface area (Å²) in [6.07, 6.45) is 0.639. The molecule has 1 rings (SSSR count). The second-order valence-electron chi connectivity index (χ2n) is 3.23. The van der Waals surface area contributed by atoms with Crippen molar-refractivity contribution in [3.05, 3.63) is 0 Å². The van der Waals surface area contributed by atoms with Crippen molar-refractivity contribution in [3.63, 3.8) is 0 Å². The predicted octanol–water partition coefficient (Wildman–Crippen LogP) is 0.988. The number of hydrogen-bond donors (Lipinski definition) is 0. The highest BCUT2D eigenvalue weighted by Gasteiger charge is 2.29. The minimum Gasteiger partial charge on any atom is -0.287 e. The fourth-order valence-corrected chi connectivity index (χ4v) is 1.64. The Morgan fingerprint density at radius 2 is 2.00 bits per heavy atom. The lowest BCUT2D eigenvalue weighted by Crippen LogP contribution is -2.34. The smallest absolute Gasteiger partial charge is 0.0594 e. The molecule has 2 atom stereocenters. The molecule has 1 saturated heterocycles. The van der Waals surface area contributed by atoms with Crippen LogP contribution in [0.2, 0.25) is 0 Å². The van der Waals surface area contributed by atoms with Crippen LogP contribution in [-0.4, -0.2) is 42.1 Å². The summed E-state index contributed by atoms with van der Waals surface area (Å²) in [6, 6.07) is 0.731. The van der Waals surface area contributed by atoms with Crippen molar-refractivity contribution in [2.75, 3.05) is 20.1 Å². The maximum Gasteiger partial charge on any atom is 0.0594 e. The van der Waals surface area contributed by atoms with Crippen LogP contribution in [0.3, 0.4) is 0 Å². The van der Waals surface area contributed by atoms with E-state index in [-0.39, 0.29) is 0 Å². The van der Waals surface area contributed by atoms with Gasteiger partial charge in [-0.1, -0.05) is 6.92 Å². The molecule has 0 spiro atoms. The Bertz CT molecular complexity index is 114. The molecule has 1 heterocycles. The highest BCUT2D eigenvalue weighted by Crippen LogP contribution is 2.16. The van der Waals surface area contributed by atoms with Crippen LogP contribution in [0.1, 0.15) is 20.8 Å². The van der Waals surface area contributed by atoms with Crippen LogP contribution in [0.25, 0.3) is 0 Å². The summed E-state index contributed by atoms with van der Waals surface area (Å²) >= 11 is 0. The molecule has 0 aromatic rings. The maximum atomic E-state index is 2.49. The zero-order valence-electron chi connectivity index (χ0n) is 7.46. The third-order valence-electron chi connectivity index (χ3n) is 2.72. The first-order valence-electron chi connectivity index (χ1n) is 4.12. The Hall–Kier alpha value is -0.0800. The molecule has 1 aliphatic heterocycles. The van der Waals surface area contributed by atoms with Crippen molar-refractivity contribution < 1.29 is 0 Å². The molecule has 0 aromatic carbocycles. The second kappa shape index (κ2) is 2.89. The molecule has 0 N–H and O–H groups in total. The Balaban J connectivity index is 2.53. The SMILES string of the molecule is CCN1CC(C)N(C)C1C. The molecule has 10 heavy (non-hydrogen) atoms. The third kappa shape index (κ3) is 1.18. The van der Waals surface area contributed by atoms with Gasteiger partial charge in [-0.25, -0.2) is 0 Å². The molecule has 1 fully saturated rings. The Kier molecular flexibility index (Phi) is 2.32. The standard InChI is InChI=1S/C8H18N2/c1-5-10-6-7(2)9(4)8(10)3/h7-8H,5-6H2,1-4H3. The van der Waals surface area contributed by atoms with E-state index >= 15 is 0 Å². The Labute approximate surface area is 63.8 Å². The summed E-state index contributed by atoms with van der Waals surface area (Å²) in [7, 11) is 2.20. The molecule has 0 aliphatic carbocycles. The number of likely N-dealkylation sites (N-methyl/N-ethyl adjacent to an activating group) is 2. The summed E-state index contributed by atoms with van der Waals surface area (Å²) in [5, 5.41) is 0. The van der Waals surface area contributed by atoms with Crippen LogP contribution in [-0.2, 0) is 0 Å². The second-order valence-corrected chi connectivity index (χ2v) is 3.23. The molecule has 0 aromatic heterocycles. The van der Waals surface area contributed by atoms with Crippen LogP contribution in [0.4, 0.5) is 0 Å². The van der Waals surface area contributed by atoms with Crippen LogP contribution >= 0.6 is 0 Å². The predicted molar refractivity (Wildman–Crippen MR) is 43.9 cm³/mol. The Morgan fingerprint density at radius 1 is 1.40 bits per heavy atom. The van der Waals surface area contributed by atoms with E-state index in [4.69, 9.17) is 0 Å². The zero-order chi connectivity index (χ0) is 7.72. The van der Waals surface area contributed by atoms with Gasteiger partial charge in [0.1, 0.15) is 0 Å². The molecule has 2 nitrogen and oxygen atoms in total. The Morgan fingerprint density at radius 3 is 2.20 bits per heavy atom. The number of nitrogens with zero attached hydrogens (tertiary/aromatic N) is 2. The van der Waals surface area contributed by atoms with E-state index in [0.29, 0.717) is 6.17 Å². The maximum absolute atomic E-state index is 2.49. The lowest BCUT2D eigenvalue weighted by Gasteiger charge is -2.23. The number of rotatable bonds is 1. The van der Waals surface area contributed by atoms with E-state index in [0.717, 1.165) is 6.04 Å². The molecular formula is C8H18N2. The van der Waals surface area contributed by atoms with Gasteiger partial charge < -0.3 is 0 Å². The van der Waals surface area contributed by atoms with Gasteiger partial charge in [0.25, 0.3) is 0 Å². The van der Waals surface area contributed by atoms with Crippen LogP contribution in [0.15, 0.2) is 0 Å². The van der Waals surface area contributed by atoms with E-state index in [2.05, 4.69) is 37.6 Å². The lowest BCUT2D eigenvalue weighted by molar-refractivity contribution is 0.173. The van der Waals surface area contributed by atoms with Gasteiger partial charge in [0.05, 0.1) is 6.17 Å². The third-order valence-corrected chi connectivity index (χ3v) is 2.72. The summed E-state index contributed by atoms with van der Waals surface area (Å²) in [5.74, 6) is 0. The largest absolute Gasteiger partial charge is 0.287 e. The summed E-state index contributed by atoms with van der Waals surface area (Å²) < 4.78 is 0. The molecule has 2 unspecified atom stereocenters. The van der Waals surface area contributed by atoms with Gasteiger partial charge in [0, 0.05) is 12.6 Å². The fraction of sp³-hybridized carbons (Fsp3) is 1.00. The van der Waals surface area contributed by atoms with E-state index in [1.165, 1.54) is 13.1 Å². The van der Waals surface area contributed by atoms with Gasteiger partial charge in [-0.3, -0.25) is 9.80 Å². The lowest BCUT2D eigenvalue weighted by atomic mass is 10.3. The van der Waals surface area contributed by atoms with Gasteiger partial charge in [-0.15, -0.1) is 0 Å². The van der Waals surface area contributed by atoms with Crippen molar-refractivity contribution in [2.45, 2.75) is 33.0 Å². The molecule has 2 heteroatoms. The van der Waals surface area contributed by atoms with Crippen molar-refractivity contribution in [2.24, 2.45) is 0 Å².